The monoisotopic (exact) mass is 1830 g/mol. The lowest BCUT2D eigenvalue weighted by atomic mass is 9.89. The number of allylic oxidation sites excluding steroid dienone is 1. The van der Waals surface area contributed by atoms with Crippen molar-refractivity contribution in [1.29, 1.82) is 0 Å². The summed E-state index contributed by atoms with van der Waals surface area (Å²) in [6, 6.07) is 0.471. The number of rotatable bonds is 21. The Morgan fingerprint density at radius 2 is 0.705 bits per heavy atom. The molecule has 0 saturated carbocycles. The summed E-state index contributed by atoms with van der Waals surface area (Å²) in [5.41, 5.74) is 4.66. The van der Waals surface area contributed by atoms with Crippen molar-refractivity contribution in [2.24, 2.45) is 60.6 Å². The highest BCUT2D eigenvalue weighted by Crippen LogP contribution is 2.30. The number of piperazine rings is 4. The minimum absolute atomic E-state index is 0.00391. The first-order valence-electron chi connectivity index (χ1n) is 52.0. The Hall–Kier alpha value is -2.94. The third kappa shape index (κ3) is 65.5. The summed E-state index contributed by atoms with van der Waals surface area (Å²) in [6.45, 7) is 124. The first-order chi connectivity index (χ1) is 59.6. The van der Waals surface area contributed by atoms with Crippen molar-refractivity contribution in [3.63, 3.8) is 0 Å². The molecule has 0 bridgehead atoms. The summed E-state index contributed by atoms with van der Waals surface area (Å²) in [7, 11) is 0. The number of ether oxygens (including phenoxy) is 4. The van der Waals surface area contributed by atoms with Crippen molar-refractivity contribution in [2.75, 3.05) is 262 Å². The van der Waals surface area contributed by atoms with Crippen molar-refractivity contribution >= 4 is 23.6 Å². The van der Waals surface area contributed by atoms with Gasteiger partial charge in [-0.15, -0.1) is 0 Å². The number of amides is 1. The van der Waals surface area contributed by atoms with Gasteiger partial charge in [0.15, 0.2) is 0 Å². The number of likely N-dealkylation sites (tertiary alicyclic amines) is 4. The van der Waals surface area contributed by atoms with E-state index in [1.165, 1.54) is 195 Å². The molecule has 10 fully saturated rings. The summed E-state index contributed by atoms with van der Waals surface area (Å²) < 4.78 is 20.8. The predicted octanol–water partition coefficient (Wildman–Crippen LogP) is 17.5. The first-order valence-corrected chi connectivity index (χ1v) is 52.0. The van der Waals surface area contributed by atoms with E-state index in [0.29, 0.717) is 106 Å². The maximum absolute atomic E-state index is 12.2. The number of nitrogens with zero attached hydrogens (tertiary/aromatic N) is 12. The second-order valence-corrected chi connectivity index (χ2v) is 50.9. The zero-order valence-electron chi connectivity index (χ0n) is 91.6. The summed E-state index contributed by atoms with van der Waals surface area (Å²) in [4.78, 5) is 75.9. The molecule has 10 aliphatic rings. The van der Waals surface area contributed by atoms with Gasteiger partial charge in [-0.3, -0.25) is 29.1 Å². The smallest absolute Gasteiger partial charge is 0.307 e. The highest BCUT2D eigenvalue weighted by molar-refractivity contribution is 5.87. The maximum atomic E-state index is 12.2. The normalized spacial score (nSPS) is 22.6. The molecule has 10 saturated heterocycles. The van der Waals surface area contributed by atoms with Gasteiger partial charge in [-0.1, -0.05) is 200 Å². The Kier molecular flexibility index (Phi) is 57.5. The predicted molar refractivity (Wildman–Crippen MR) is 549 cm³/mol. The number of nitrogens with one attached hydrogen (secondary N) is 2. The number of hydrogen-bond acceptors (Lipinski definition) is 21. The lowest BCUT2D eigenvalue weighted by Crippen LogP contribution is -2.57. The lowest BCUT2D eigenvalue weighted by molar-refractivity contribution is -0.148. The van der Waals surface area contributed by atoms with Crippen LogP contribution in [0.25, 0.3) is 0 Å². The van der Waals surface area contributed by atoms with Gasteiger partial charge in [-0.25, -0.2) is 0 Å². The molecule has 129 heavy (non-hydrogen) atoms. The zero-order valence-corrected chi connectivity index (χ0v) is 91.6. The molecule has 22 heteroatoms. The average molecular weight is 1830 g/mol. The van der Waals surface area contributed by atoms with Crippen LogP contribution in [-0.4, -0.2) is 369 Å². The van der Waals surface area contributed by atoms with Gasteiger partial charge in [0.05, 0.1) is 51.1 Å². The fourth-order valence-electron chi connectivity index (χ4n) is 19.4. The number of Topliss-reactive ketones (excluding diaryl/α,β-unsaturated/α-hetero) is 1. The molecule has 10 rings (SSSR count). The number of hydrogen-bond donors (Lipinski definition) is 2. The molecule has 3 atom stereocenters. The zero-order chi connectivity index (χ0) is 97.8. The standard InChI is InChI=1S/C14H28N2.C14H27NO2.C13H24N2O3.C13H25NO.C12H24N2.C12H26N2.C11H23NO.C9H20N2.C9H19NO/c1-14(2,3)12-15-10-6-13(7-11-15)16-8-4-5-9-16;1-5-17-13(16)10-12-6-8-15(9-7-12)11-14(2,3)4;1-5-18-11(16)8-10-12(17)15(7-6-14-10)9-13(2,3)4;1-11(15)9-12-5-7-14(8-6-12)10-13(2,3)4;1-11(2)14-8-6-13(7-9-14)10-12(3,4)5;1-5-6-13-7-9-14(10-8-13)11-12(2,3)4;1-9-6-12(7-10(2)13-9)8-11(3,4)5;1-9(2,3)8-11-6-4-10-5-7-11;1-9(2,3)8-10-4-6-11-7-5-10/h13H,4-12H2,1-3H3;12H,5-11H2,1-4H3;10,14H,5-9H2,1-4H3;12H,5-10H2,1-4H3;1,6-10H2,2-5H3;5-11H2,1-4H3;9-10H,6-8H2,1-5H3;10H,4-8H2,1-3H3;4-8H2,1-3H3. The molecule has 762 valence electrons. The van der Waals surface area contributed by atoms with Gasteiger partial charge in [0.25, 0.3) is 0 Å². The number of carbonyl (C=O) groups excluding carboxylic acids is 4. The van der Waals surface area contributed by atoms with E-state index in [2.05, 4.69) is 286 Å². The second-order valence-electron chi connectivity index (χ2n) is 50.9. The second kappa shape index (κ2) is 60.7. The van der Waals surface area contributed by atoms with Gasteiger partial charge in [0.1, 0.15) is 5.78 Å². The average Bonchev–Trinajstić information content (AvgIpc) is 1.83. The molecular weight excluding hydrogens is 1610 g/mol. The Morgan fingerprint density at radius 1 is 0.380 bits per heavy atom. The van der Waals surface area contributed by atoms with Crippen molar-refractivity contribution in [2.45, 2.75) is 337 Å². The fraction of sp³-hybridized carbons (Fsp3) is 0.944. The quantitative estimate of drug-likeness (QED) is 0.104. The molecular formula is C107H216N14O8. The van der Waals surface area contributed by atoms with Crippen LogP contribution in [0.3, 0.4) is 0 Å². The van der Waals surface area contributed by atoms with Gasteiger partial charge in [0.2, 0.25) is 5.91 Å². The Bertz CT molecular complexity index is 2890. The molecule has 0 aromatic heterocycles. The highest BCUT2D eigenvalue weighted by atomic mass is 16.5. The van der Waals surface area contributed by atoms with Crippen molar-refractivity contribution in [3.05, 3.63) is 12.3 Å². The van der Waals surface area contributed by atoms with Crippen LogP contribution in [0, 0.1) is 60.6 Å². The first kappa shape index (κ1) is 122. The molecule has 0 spiro atoms. The number of morpholine rings is 2. The van der Waals surface area contributed by atoms with E-state index in [-0.39, 0.29) is 29.7 Å². The van der Waals surface area contributed by atoms with E-state index in [9.17, 15) is 19.2 Å². The van der Waals surface area contributed by atoms with E-state index >= 15 is 0 Å². The summed E-state index contributed by atoms with van der Waals surface area (Å²) in [6.07, 6.45) is 13.9. The highest BCUT2D eigenvalue weighted by Gasteiger charge is 2.35. The van der Waals surface area contributed by atoms with E-state index in [1.807, 2.05) is 11.8 Å². The van der Waals surface area contributed by atoms with Gasteiger partial charge in [0, 0.05) is 201 Å². The molecule has 0 aromatic carbocycles. The van der Waals surface area contributed by atoms with Crippen LogP contribution in [-0.2, 0) is 38.1 Å². The summed E-state index contributed by atoms with van der Waals surface area (Å²) in [5.74, 6) is 1.19. The maximum Gasteiger partial charge on any atom is 0.307 e. The summed E-state index contributed by atoms with van der Waals surface area (Å²) in [5, 5.41) is 6.44. The van der Waals surface area contributed by atoms with Crippen LogP contribution in [0.5, 0.6) is 0 Å². The van der Waals surface area contributed by atoms with Crippen LogP contribution >= 0.6 is 0 Å². The Labute approximate surface area is 798 Å². The molecule has 10 heterocycles. The molecule has 0 radical (unpaired) electrons. The lowest BCUT2D eigenvalue weighted by Gasteiger charge is -2.39. The van der Waals surface area contributed by atoms with Gasteiger partial charge in [-0.05, 0) is 219 Å². The van der Waals surface area contributed by atoms with Gasteiger partial charge in [-0.2, -0.15) is 0 Å². The van der Waals surface area contributed by atoms with Crippen molar-refractivity contribution < 1.29 is 38.1 Å². The Balaban J connectivity index is 0.000000493. The molecule has 1 amide bonds. The molecule has 2 N–H and O–H groups in total. The number of ketones is 1. The molecule has 0 aromatic rings. The minimum Gasteiger partial charge on any atom is -0.466 e. The minimum atomic E-state index is -0.430. The number of carbonyl (C=O) groups is 4. The van der Waals surface area contributed by atoms with Crippen LogP contribution in [0.15, 0.2) is 12.3 Å². The van der Waals surface area contributed by atoms with Gasteiger partial charge >= 0.3 is 11.9 Å². The number of esters is 2. The fourth-order valence-corrected chi connectivity index (χ4v) is 19.4. The molecule has 10 aliphatic heterocycles. The topological polar surface area (TPSA) is 168 Å². The molecule has 22 nitrogen and oxygen atoms in total. The van der Waals surface area contributed by atoms with E-state index in [4.69, 9.17) is 18.9 Å². The third-order valence-electron chi connectivity index (χ3n) is 24.0. The van der Waals surface area contributed by atoms with E-state index in [0.717, 1.165) is 117 Å². The molecule has 3 unspecified atom stereocenters. The SMILES string of the molecule is C=C(C)N1CCN(CC(C)(C)C)CC1.CC(=O)CC1CCN(CC(C)(C)C)CC1.CC(C)(C)CN1CCC(N2CCCC2)CC1.CC(C)(C)CN1CCNCC1.CC(C)(C)CN1CCOCC1.CC1CN(CC(C)(C)C)CC(C)O1.CCCN1CCN(CC(C)(C)C)CC1.CCOC(=O)CC1CCN(CC(C)(C)C)CC1.CCOC(=O)CC1NCCN(CC(C)(C)C)C1=O. The van der Waals surface area contributed by atoms with Crippen LogP contribution in [0.2, 0.25) is 0 Å². The largest absolute Gasteiger partial charge is 0.466 e. The van der Waals surface area contributed by atoms with Crippen LogP contribution in [0.4, 0.5) is 0 Å². The van der Waals surface area contributed by atoms with Crippen LogP contribution in [0.1, 0.15) is 312 Å². The van der Waals surface area contributed by atoms with Gasteiger partial charge < -0.3 is 78.5 Å². The van der Waals surface area contributed by atoms with E-state index < -0.39 is 6.04 Å². The summed E-state index contributed by atoms with van der Waals surface area (Å²) >= 11 is 0. The Morgan fingerprint density at radius 3 is 1.06 bits per heavy atom. The van der Waals surface area contributed by atoms with E-state index in [1.54, 1.807) is 13.8 Å². The third-order valence-corrected chi connectivity index (χ3v) is 24.0. The number of piperidine rings is 3. The molecule has 0 aliphatic carbocycles. The van der Waals surface area contributed by atoms with Crippen LogP contribution < -0.4 is 10.6 Å². The van der Waals surface area contributed by atoms with Crippen molar-refractivity contribution in [3.8, 4) is 0 Å². The van der Waals surface area contributed by atoms with Crippen molar-refractivity contribution in [1.82, 2.24) is 69.4 Å².